The Labute approximate surface area is 121 Å². The van der Waals surface area contributed by atoms with E-state index in [2.05, 4.69) is 9.97 Å². The van der Waals surface area contributed by atoms with Gasteiger partial charge in [-0.3, -0.25) is 9.59 Å². The number of benzene rings is 1. The lowest BCUT2D eigenvalue weighted by Crippen LogP contribution is -2.27. The number of likely N-dealkylation sites (N-methyl/N-ethyl adjacent to an activating group) is 1. The third kappa shape index (κ3) is 3.48. The Hall–Kier alpha value is -2.08. The molecule has 20 heavy (non-hydrogen) atoms. The second kappa shape index (κ2) is 6.38. The number of nitrogens with one attached hydrogen (secondary N) is 1. The molecule has 0 aliphatic rings. The van der Waals surface area contributed by atoms with Crippen molar-refractivity contribution >= 4 is 17.7 Å². The number of hydrogen-bond acceptors (Lipinski definition) is 4. The first kappa shape index (κ1) is 14.3. The Morgan fingerprint density at radius 1 is 1.25 bits per heavy atom. The third-order valence-electron chi connectivity index (χ3n) is 2.64. The van der Waals surface area contributed by atoms with Gasteiger partial charge in [0.1, 0.15) is 5.25 Å². The molecule has 5 nitrogen and oxygen atoms in total. The van der Waals surface area contributed by atoms with Crippen molar-refractivity contribution in [2.75, 3.05) is 14.1 Å². The zero-order chi connectivity index (χ0) is 14.5. The van der Waals surface area contributed by atoms with Crippen LogP contribution in [0.1, 0.15) is 10.8 Å². The number of rotatable bonds is 4. The highest BCUT2D eigenvalue weighted by molar-refractivity contribution is 8.00. The van der Waals surface area contributed by atoms with Gasteiger partial charge in [0.25, 0.3) is 5.56 Å². The van der Waals surface area contributed by atoms with Crippen LogP contribution in [0.2, 0.25) is 0 Å². The van der Waals surface area contributed by atoms with Gasteiger partial charge in [0, 0.05) is 26.4 Å². The highest BCUT2D eigenvalue weighted by atomic mass is 32.2. The number of carbonyl (C=O) groups excluding carboxylic acids is 1. The number of carbonyl (C=O) groups is 1. The van der Waals surface area contributed by atoms with E-state index in [9.17, 15) is 9.59 Å². The topological polar surface area (TPSA) is 66.1 Å². The van der Waals surface area contributed by atoms with Crippen molar-refractivity contribution in [1.29, 1.82) is 0 Å². The summed E-state index contributed by atoms with van der Waals surface area (Å²) in [5.41, 5.74) is 0.648. The van der Waals surface area contributed by atoms with E-state index in [1.807, 2.05) is 30.3 Å². The van der Waals surface area contributed by atoms with Crippen LogP contribution in [0.5, 0.6) is 0 Å². The maximum absolute atomic E-state index is 12.3. The zero-order valence-electron chi connectivity index (χ0n) is 11.2. The van der Waals surface area contributed by atoms with Crippen LogP contribution in [0.15, 0.2) is 52.5 Å². The first-order valence-corrected chi connectivity index (χ1v) is 6.94. The van der Waals surface area contributed by atoms with E-state index in [4.69, 9.17) is 0 Å². The van der Waals surface area contributed by atoms with Crippen molar-refractivity contribution in [3.63, 3.8) is 0 Å². The molecule has 0 saturated heterocycles. The molecule has 0 saturated carbocycles. The Balaban J connectivity index is 2.33. The number of H-pyrrole nitrogens is 1. The monoisotopic (exact) mass is 289 g/mol. The van der Waals surface area contributed by atoms with Crippen molar-refractivity contribution in [2.45, 2.75) is 10.4 Å². The number of aromatic nitrogens is 2. The summed E-state index contributed by atoms with van der Waals surface area (Å²) in [6, 6.07) is 10.8. The minimum absolute atomic E-state index is 0.0484. The van der Waals surface area contributed by atoms with Gasteiger partial charge in [-0.1, -0.05) is 42.1 Å². The molecule has 0 aliphatic carbocycles. The Kier molecular flexibility index (Phi) is 4.57. The minimum atomic E-state index is -0.434. The van der Waals surface area contributed by atoms with Crippen molar-refractivity contribution in [2.24, 2.45) is 0 Å². The molecular formula is C14H15N3O2S. The van der Waals surface area contributed by atoms with Gasteiger partial charge in [0.15, 0.2) is 5.16 Å². The van der Waals surface area contributed by atoms with E-state index >= 15 is 0 Å². The SMILES string of the molecule is CN(C)C(=O)[C@H](Sc1nccc(=O)[nH]1)c1ccccc1. The van der Waals surface area contributed by atoms with Crippen molar-refractivity contribution in [1.82, 2.24) is 14.9 Å². The smallest absolute Gasteiger partial charge is 0.251 e. The summed E-state index contributed by atoms with van der Waals surface area (Å²) in [4.78, 5) is 31.9. The summed E-state index contributed by atoms with van der Waals surface area (Å²) in [7, 11) is 3.42. The van der Waals surface area contributed by atoms with Crippen LogP contribution in [0.3, 0.4) is 0 Å². The third-order valence-corrected chi connectivity index (χ3v) is 3.78. The van der Waals surface area contributed by atoms with Gasteiger partial charge in [0.05, 0.1) is 0 Å². The summed E-state index contributed by atoms with van der Waals surface area (Å²) in [6.45, 7) is 0. The van der Waals surface area contributed by atoms with Crippen molar-refractivity contribution in [3.8, 4) is 0 Å². The largest absolute Gasteiger partial charge is 0.348 e. The van der Waals surface area contributed by atoms with Gasteiger partial charge in [-0.05, 0) is 5.56 Å². The maximum Gasteiger partial charge on any atom is 0.251 e. The summed E-state index contributed by atoms with van der Waals surface area (Å²) in [5, 5.41) is -0.00157. The van der Waals surface area contributed by atoms with Gasteiger partial charge in [-0.15, -0.1) is 0 Å². The predicted molar refractivity (Wildman–Crippen MR) is 78.6 cm³/mol. The molecule has 0 spiro atoms. The van der Waals surface area contributed by atoms with Crippen LogP contribution in [-0.4, -0.2) is 34.9 Å². The summed E-state index contributed by atoms with van der Waals surface area (Å²) < 4.78 is 0. The highest BCUT2D eigenvalue weighted by Crippen LogP contribution is 2.33. The highest BCUT2D eigenvalue weighted by Gasteiger charge is 2.24. The van der Waals surface area contributed by atoms with Crippen LogP contribution in [0.4, 0.5) is 0 Å². The molecule has 1 atom stereocenters. The van der Waals surface area contributed by atoms with E-state index in [0.29, 0.717) is 5.16 Å². The van der Waals surface area contributed by atoms with Gasteiger partial charge in [-0.25, -0.2) is 4.98 Å². The zero-order valence-corrected chi connectivity index (χ0v) is 12.1. The van der Waals surface area contributed by atoms with Crippen LogP contribution in [-0.2, 0) is 4.79 Å². The van der Waals surface area contributed by atoms with Crippen LogP contribution in [0, 0.1) is 0 Å². The second-order valence-electron chi connectivity index (χ2n) is 4.38. The van der Waals surface area contributed by atoms with Crippen LogP contribution >= 0.6 is 11.8 Å². The number of nitrogens with zero attached hydrogens (tertiary/aromatic N) is 2. The molecule has 6 heteroatoms. The molecule has 104 valence electrons. The fourth-order valence-electron chi connectivity index (χ4n) is 1.65. The van der Waals surface area contributed by atoms with E-state index < -0.39 is 5.25 Å². The average molecular weight is 289 g/mol. The molecule has 1 heterocycles. The van der Waals surface area contributed by atoms with E-state index in [1.54, 1.807) is 14.1 Å². The molecule has 0 radical (unpaired) electrons. The molecule has 1 amide bonds. The molecule has 1 aromatic carbocycles. The maximum atomic E-state index is 12.3. The molecule has 0 aliphatic heterocycles. The fraction of sp³-hybridized carbons (Fsp3) is 0.214. The van der Waals surface area contributed by atoms with Gasteiger partial charge in [-0.2, -0.15) is 0 Å². The minimum Gasteiger partial charge on any atom is -0.348 e. The molecule has 1 aromatic heterocycles. The fourth-order valence-corrected chi connectivity index (χ4v) is 2.76. The van der Waals surface area contributed by atoms with E-state index in [0.717, 1.165) is 5.56 Å². The first-order chi connectivity index (χ1) is 9.58. The molecular weight excluding hydrogens is 274 g/mol. The normalized spacial score (nSPS) is 11.9. The van der Waals surface area contributed by atoms with Gasteiger partial charge in [0.2, 0.25) is 5.91 Å². The molecule has 0 unspecified atom stereocenters. The van der Waals surface area contributed by atoms with E-state index in [-0.39, 0.29) is 11.5 Å². The first-order valence-electron chi connectivity index (χ1n) is 6.06. The van der Waals surface area contributed by atoms with E-state index in [1.165, 1.54) is 28.9 Å². The molecule has 1 N–H and O–H groups in total. The Morgan fingerprint density at radius 2 is 1.95 bits per heavy atom. The summed E-state index contributed by atoms with van der Waals surface area (Å²) >= 11 is 1.23. The molecule has 0 bridgehead atoms. The summed E-state index contributed by atoms with van der Waals surface area (Å²) in [6.07, 6.45) is 1.43. The standard InChI is InChI=1S/C14H15N3O2S/c1-17(2)13(19)12(10-6-4-3-5-7-10)20-14-15-9-8-11(18)16-14/h3-9,12H,1-2H3,(H,15,16,18)/t12-/m1/s1. The Bertz CT molecular complexity index is 640. The molecule has 2 aromatic rings. The van der Waals surface area contributed by atoms with Gasteiger partial charge >= 0.3 is 0 Å². The Morgan fingerprint density at radius 3 is 2.55 bits per heavy atom. The van der Waals surface area contributed by atoms with Crippen molar-refractivity contribution in [3.05, 3.63) is 58.5 Å². The molecule has 0 fully saturated rings. The lowest BCUT2D eigenvalue weighted by atomic mass is 10.1. The van der Waals surface area contributed by atoms with Gasteiger partial charge < -0.3 is 9.88 Å². The summed E-state index contributed by atoms with van der Waals surface area (Å²) in [5.74, 6) is -0.0484. The number of aromatic amines is 1. The molecule has 2 rings (SSSR count). The lowest BCUT2D eigenvalue weighted by Gasteiger charge is -2.19. The number of hydrogen-bond donors (Lipinski definition) is 1. The lowest BCUT2D eigenvalue weighted by molar-refractivity contribution is -0.128. The van der Waals surface area contributed by atoms with Crippen LogP contribution < -0.4 is 5.56 Å². The number of thioether (sulfide) groups is 1. The quantitative estimate of drug-likeness (QED) is 0.687. The average Bonchev–Trinajstić information content (AvgIpc) is 2.45. The predicted octanol–water partition coefficient (Wildman–Crippen LogP) is 1.69. The van der Waals surface area contributed by atoms with Crippen LogP contribution in [0.25, 0.3) is 0 Å². The van der Waals surface area contributed by atoms with Crippen molar-refractivity contribution < 1.29 is 4.79 Å². The number of amides is 1. The second-order valence-corrected chi connectivity index (χ2v) is 5.47.